The van der Waals surface area contributed by atoms with Gasteiger partial charge in [-0.2, -0.15) is 14.6 Å². The van der Waals surface area contributed by atoms with Crippen molar-refractivity contribution in [3.05, 3.63) is 41.9 Å². The quantitative estimate of drug-likeness (QED) is 0.716. The monoisotopic (exact) mass is 394 g/mol. The number of carbonyl (C=O) groups is 1. The zero-order valence-corrected chi connectivity index (χ0v) is 17.1. The average Bonchev–Trinajstić information content (AvgIpc) is 3.21. The molecule has 1 amide bonds. The van der Waals surface area contributed by atoms with E-state index in [9.17, 15) is 4.79 Å². The summed E-state index contributed by atoms with van der Waals surface area (Å²) in [5.74, 6) is 2.15. The first-order chi connectivity index (χ1) is 14.1. The molecule has 1 saturated heterocycles. The fraction of sp³-hybridized carbons (Fsp3) is 0.429. The van der Waals surface area contributed by atoms with Gasteiger partial charge in [-0.05, 0) is 38.3 Å². The molecule has 3 aromatic rings. The number of hydrogen-bond acceptors (Lipinski definition) is 6. The smallest absolute Gasteiger partial charge is 0.254 e. The molecule has 8 nitrogen and oxygen atoms in total. The van der Waals surface area contributed by atoms with Crippen molar-refractivity contribution in [2.24, 2.45) is 5.92 Å². The van der Waals surface area contributed by atoms with E-state index < -0.39 is 0 Å². The van der Waals surface area contributed by atoms with Gasteiger partial charge in [0.25, 0.3) is 5.78 Å². The molecular formula is C21H26N6O2. The lowest BCUT2D eigenvalue weighted by Gasteiger charge is -2.35. The maximum absolute atomic E-state index is 13.0. The van der Waals surface area contributed by atoms with Crippen LogP contribution in [-0.2, 0) is 11.2 Å². The Bertz CT molecular complexity index is 1030. The first-order valence-electron chi connectivity index (χ1n) is 10.0. The second-order valence-electron chi connectivity index (χ2n) is 7.30. The van der Waals surface area contributed by atoms with Gasteiger partial charge < -0.3 is 15.0 Å². The number of para-hydroxylation sites is 2. The number of amides is 1. The van der Waals surface area contributed by atoms with Crippen LogP contribution in [-0.4, -0.2) is 45.7 Å². The van der Waals surface area contributed by atoms with E-state index >= 15 is 0 Å². The predicted molar refractivity (Wildman–Crippen MR) is 111 cm³/mol. The van der Waals surface area contributed by atoms with Crippen molar-refractivity contribution >= 4 is 23.2 Å². The van der Waals surface area contributed by atoms with Crippen molar-refractivity contribution in [1.29, 1.82) is 0 Å². The molecule has 1 N–H and O–H groups in total. The first kappa shape index (κ1) is 19.2. The Kier molecular flexibility index (Phi) is 5.33. The third-order valence-corrected chi connectivity index (χ3v) is 5.51. The SMILES string of the molecule is CCc1c(C)nc2ncnn2c1N1CCCC(C(=O)Nc2ccccc2OC)C1. The van der Waals surface area contributed by atoms with E-state index in [4.69, 9.17) is 4.74 Å². The first-order valence-corrected chi connectivity index (χ1v) is 10.0. The molecule has 0 saturated carbocycles. The summed E-state index contributed by atoms with van der Waals surface area (Å²) < 4.78 is 7.15. The lowest BCUT2D eigenvalue weighted by Crippen LogP contribution is -2.42. The minimum atomic E-state index is -0.120. The van der Waals surface area contributed by atoms with Gasteiger partial charge in [0.2, 0.25) is 5.91 Å². The zero-order valence-electron chi connectivity index (χ0n) is 17.1. The molecule has 2 aromatic heterocycles. The van der Waals surface area contributed by atoms with Gasteiger partial charge in [-0.25, -0.2) is 4.98 Å². The van der Waals surface area contributed by atoms with Crippen LogP contribution in [0.15, 0.2) is 30.6 Å². The molecule has 0 spiro atoms. The molecule has 3 heterocycles. The van der Waals surface area contributed by atoms with Gasteiger partial charge in [-0.1, -0.05) is 19.1 Å². The van der Waals surface area contributed by atoms with Gasteiger partial charge in [-0.3, -0.25) is 4.79 Å². The van der Waals surface area contributed by atoms with Gasteiger partial charge in [-0.15, -0.1) is 0 Å². The Balaban J connectivity index is 1.60. The lowest BCUT2D eigenvalue weighted by molar-refractivity contribution is -0.120. The highest BCUT2D eigenvalue weighted by molar-refractivity contribution is 5.94. The molecule has 4 rings (SSSR count). The maximum atomic E-state index is 13.0. The third kappa shape index (κ3) is 3.62. The van der Waals surface area contributed by atoms with Crippen molar-refractivity contribution in [2.75, 3.05) is 30.4 Å². The van der Waals surface area contributed by atoms with Crippen LogP contribution >= 0.6 is 0 Å². The normalized spacial score (nSPS) is 16.8. The van der Waals surface area contributed by atoms with Gasteiger partial charge in [0, 0.05) is 24.3 Å². The van der Waals surface area contributed by atoms with Crippen LogP contribution in [0.25, 0.3) is 5.78 Å². The van der Waals surface area contributed by atoms with Crippen LogP contribution in [0.2, 0.25) is 0 Å². The molecule has 1 aliphatic heterocycles. The summed E-state index contributed by atoms with van der Waals surface area (Å²) in [5, 5.41) is 7.43. The number of benzene rings is 1. The third-order valence-electron chi connectivity index (χ3n) is 5.51. The average molecular weight is 394 g/mol. The topological polar surface area (TPSA) is 84.7 Å². The standard InChI is InChI=1S/C21H26N6O2/c1-4-16-14(2)24-21-22-13-23-27(21)20(16)26-11-7-8-15(12-26)19(28)25-17-9-5-6-10-18(17)29-3/h5-6,9-10,13,15H,4,7-8,11-12H2,1-3H3,(H,25,28). The number of nitrogens with one attached hydrogen (secondary N) is 1. The Hall–Kier alpha value is -3.16. The van der Waals surface area contributed by atoms with Crippen LogP contribution in [0.3, 0.4) is 0 Å². The number of rotatable bonds is 5. The summed E-state index contributed by atoms with van der Waals surface area (Å²) in [7, 11) is 1.61. The number of aromatic nitrogens is 4. The van der Waals surface area contributed by atoms with Crippen LogP contribution in [0, 0.1) is 12.8 Å². The van der Waals surface area contributed by atoms with E-state index in [2.05, 4.69) is 32.2 Å². The molecule has 1 unspecified atom stereocenters. The summed E-state index contributed by atoms with van der Waals surface area (Å²) in [6, 6.07) is 7.48. The van der Waals surface area contributed by atoms with Gasteiger partial charge >= 0.3 is 0 Å². The number of anilines is 2. The summed E-state index contributed by atoms with van der Waals surface area (Å²) in [6.45, 7) is 5.63. The molecule has 0 bridgehead atoms. The summed E-state index contributed by atoms with van der Waals surface area (Å²) in [5.41, 5.74) is 2.81. The van der Waals surface area contributed by atoms with Crippen LogP contribution in [0.5, 0.6) is 5.75 Å². The minimum absolute atomic E-state index is 0.0119. The molecule has 0 aliphatic carbocycles. The molecule has 0 radical (unpaired) electrons. The molecule has 1 atom stereocenters. The van der Waals surface area contributed by atoms with E-state index in [0.29, 0.717) is 23.8 Å². The fourth-order valence-corrected chi connectivity index (χ4v) is 4.07. The van der Waals surface area contributed by atoms with E-state index in [-0.39, 0.29) is 11.8 Å². The van der Waals surface area contributed by atoms with Crippen molar-refractivity contribution in [1.82, 2.24) is 19.6 Å². The number of carbonyl (C=O) groups excluding carboxylic acids is 1. The number of aryl methyl sites for hydroxylation is 1. The molecule has 152 valence electrons. The highest BCUT2D eigenvalue weighted by atomic mass is 16.5. The largest absolute Gasteiger partial charge is 0.495 e. The van der Waals surface area contributed by atoms with Crippen LogP contribution in [0.1, 0.15) is 31.0 Å². The number of methoxy groups -OCH3 is 1. The Morgan fingerprint density at radius 2 is 2.17 bits per heavy atom. The number of fused-ring (bicyclic) bond motifs is 1. The van der Waals surface area contributed by atoms with E-state index in [1.807, 2.05) is 31.2 Å². The number of piperidine rings is 1. The molecule has 1 fully saturated rings. The van der Waals surface area contributed by atoms with E-state index in [1.54, 1.807) is 11.6 Å². The summed E-state index contributed by atoms with van der Waals surface area (Å²) >= 11 is 0. The molecule has 1 aromatic carbocycles. The number of nitrogens with zero attached hydrogens (tertiary/aromatic N) is 5. The van der Waals surface area contributed by atoms with Gasteiger partial charge in [0.1, 0.15) is 17.9 Å². The molecule has 1 aliphatic rings. The number of hydrogen-bond donors (Lipinski definition) is 1. The predicted octanol–water partition coefficient (Wildman–Crippen LogP) is 2.86. The minimum Gasteiger partial charge on any atom is -0.495 e. The highest BCUT2D eigenvalue weighted by Gasteiger charge is 2.29. The second kappa shape index (κ2) is 8.06. The highest BCUT2D eigenvalue weighted by Crippen LogP contribution is 2.30. The fourth-order valence-electron chi connectivity index (χ4n) is 4.07. The second-order valence-corrected chi connectivity index (χ2v) is 7.30. The van der Waals surface area contributed by atoms with Gasteiger partial charge in [0.15, 0.2) is 0 Å². The Morgan fingerprint density at radius 1 is 1.34 bits per heavy atom. The summed E-state index contributed by atoms with van der Waals surface area (Å²) in [6.07, 6.45) is 4.16. The van der Waals surface area contributed by atoms with E-state index in [1.165, 1.54) is 6.33 Å². The zero-order chi connectivity index (χ0) is 20.4. The Morgan fingerprint density at radius 3 is 2.97 bits per heavy atom. The Labute approximate surface area is 169 Å². The maximum Gasteiger partial charge on any atom is 0.254 e. The molecule has 8 heteroatoms. The summed E-state index contributed by atoms with van der Waals surface area (Å²) in [4.78, 5) is 24.1. The number of ether oxygens (including phenoxy) is 1. The van der Waals surface area contributed by atoms with Gasteiger partial charge in [0.05, 0.1) is 18.7 Å². The molecular weight excluding hydrogens is 368 g/mol. The van der Waals surface area contributed by atoms with Crippen molar-refractivity contribution in [2.45, 2.75) is 33.1 Å². The van der Waals surface area contributed by atoms with Crippen molar-refractivity contribution < 1.29 is 9.53 Å². The lowest BCUT2D eigenvalue weighted by atomic mass is 9.96. The van der Waals surface area contributed by atoms with Crippen molar-refractivity contribution in [3.63, 3.8) is 0 Å². The van der Waals surface area contributed by atoms with Crippen molar-refractivity contribution in [3.8, 4) is 5.75 Å². The molecule has 29 heavy (non-hydrogen) atoms. The van der Waals surface area contributed by atoms with E-state index in [0.717, 1.165) is 42.9 Å². The van der Waals surface area contributed by atoms with Crippen LogP contribution < -0.4 is 15.0 Å². The van der Waals surface area contributed by atoms with Crippen LogP contribution in [0.4, 0.5) is 11.5 Å².